The maximum Gasteiger partial charge on any atom is 0.242 e. The second kappa shape index (κ2) is 8.20. The average Bonchev–Trinajstić information content (AvgIpc) is 2.88. The maximum absolute atomic E-state index is 12.4. The molecule has 27 heavy (non-hydrogen) atoms. The number of sulfonamides is 1. The number of nitrogens with one attached hydrogen (secondary N) is 1. The first-order chi connectivity index (χ1) is 12.5. The predicted octanol–water partition coefficient (Wildman–Crippen LogP) is 1.92. The van der Waals surface area contributed by atoms with Crippen LogP contribution in [0.2, 0.25) is 0 Å². The van der Waals surface area contributed by atoms with Crippen LogP contribution in [-0.2, 0) is 21.4 Å². The third-order valence-corrected chi connectivity index (χ3v) is 6.21. The second-order valence-corrected chi connectivity index (χ2v) is 8.91. The number of anilines is 1. The van der Waals surface area contributed by atoms with Crippen molar-refractivity contribution in [1.29, 1.82) is 0 Å². The molecule has 0 unspecified atom stereocenters. The SMILES string of the molecule is Cc1ccc(NC(=O)CN(C)Cc2c(C)noc2C)cc1S(=O)(=O)N(C)C. The summed E-state index contributed by atoms with van der Waals surface area (Å²) in [5, 5.41) is 6.67. The molecule has 0 atom stereocenters. The first-order valence-corrected chi connectivity index (χ1v) is 9.89. The van der Waals surface area contributed by atoms with Gasteiger partial charge in [-0.05, 0) is 45.5 Å². The van der Waals surface area contributed by atoms with E-state index in [1.54, 1.807) is 19.1 Å². The van der Waals surface area contributed by atoms with Gasteiger partial charge in [0.25, 0.3) is 0 Å². The third-order valence-electron chi connectivity index (χ3n) is 4.25. The summed E-state index contributed by atoms with van der Waals surface area (Å²) in [5.74, 6) is 0.498. The summed E-state index contributed by atoms with van der Waals surface area (Å²) < 4.78 is 31.1. The molecule has 0 saturated carbocycles. The van der Waals surface area contributed by atoms with Crippen LogP contribution >= 0.6 is 0 Å². The van der Waals surface area contributed by atoms with E-state index in [2.05, 4.69) is 10.5 Å². The molecule has 0 bridgehead atoms. The summed E-state index contributed by atoms with van der Waals surface area (Å²) in [6.07, 6.45) is 0. The number of hydrogen-bond acceptors (Lipinski definition) is 6. The first kappa shape index (κ1) is 21.1. The second-order valence-electron chi connectivity index (χ2n) is 6.79. The first-order valence-electron chi connectivity index (χ1n) is 8.45. The Morgan fingerprint density at radius 3 is 2.41 bits per heavy atom. The van der Waals surface area contributed by atoms with Crippen LogP contribution in [0.4, 0.5) is 5.69 Å². The summed E-state index contributed by atoms with van der Waals surface area (Å²) in [6, 6.07) is 4.85. The van der Waals surface area contributed by atoms with Gasteiger partial charge in [0.2, 0.25) is 15.9 Å². The Morgan fingerprint density at radius 1 is 1.19 bits per heavy atom. The van der Waals surface area contributed by atoms with Gasteiger partial charge >= 0.3 is 0 Å². The summed E-state index contributed by atoms with van der Waals surface area (Å²) >= 11 is 0. The minimum Gasteiger partial charge on any atom is -0.361 e. The van der Waals surface area contributed by atoms with Gasteiger partial charge in [0.1, 0.15) is 5.76 Å². The lowest BCUT2D eigenvalue weighted by Gasteiger charge is -2.17. The highest BCUT2D eigenvalue weighted by molar-refractivity contribution is 7.89. The van der Waals surface area contributed by atoms with Gasteiger partial charge in [-0.25, -0.2) is 12.7 Å². The lowest BCUT2D eigenvalue weighted by Crippen LogP contribution is -2.30. The Kier molecular flexibility index (Phi) is 6.40. The average molecular weight is 394 g/mol. The molecule has 0 aliphatic carbocycles. The van der Waals surface area contributed by atoms with Crippen LogP contribution in [0.25, 0.3) is 0 Å². The van der Waals surface area contributed by atoms with Crippen molar-refractivity contribution in [2.24, 2.45) is 0 Å². The number of nitrogens with zero attached hydrogens (tertiary/aromatic N) is 3. The number of rotatable bonds is 7. The van der Waals surface area contributed by atoms with Crippen LogP contribution in [0, 0.1) is 20.8 Å². The van der Waals surface area contributed by atoms with E-state index >= 15 is 0 Å². The number of carbonyl (C=O) groups excluding carboxylic acids is 1. The fourth-order valence-electron chi connectivity index (χ4n) is 2.65. The van der Waals surface area contributed by atoms with Gasteiger partial charge < -0.3 is 9.84 Å². The van der Waals surface area contributed by atoms with Crippen molar-refractivity contribution >= 4 is 21.6 Å². The molecule has 0 fully saturated rings. The topological polar surface area (TPSA) is 95.7 Å². The van der Waals surface area contributed by atoms with Crippen LogP contribution < -0.4 is 5.32 Å². The lowest BCUT2D eigenvalue weighted by atomic mass is 10.2. The molecule has 2 rings (SSSR count). The monoisotopic (exact) mass is 394 g/mol. The van der Waals surface area contributed by atoms with Crippen LogP contribution in [0.1, 0.15) is 22.6 Å². The van der Waals surface area contributed by atoms with Gasteiger partial charge in [-0.3, -0.25) is 9.69 Å². The van der Waals surface area contributed by atoms with Crippen molar-refractivity contribution in [3.63, 3.8) is 0 Å². The summed E-state index contributed by atoms with van der Waals surface area (Å²) in [7, 11) is 1.20. The zero-order chi connectivity index (χ0) is 20.4. The molecule has 0 radical (unpaired) electrons. The predicted molar refractivity (Wildman–Crippen MR) is 103 cm³/mol. The lowest BCUT2D eigenvalue weighted by molar-refractivity contribution is -0.117. The third kappa shape index (κ3) is 4.94. The highest BCUT2D eigenvalue weighted by Gasteiger charge is 2.20. The fourth-order valence-corrected chi connectivity index (χ4v) is 3.80. The standard InChI is InChI=1S/C18H26N4O4S/c1-12-7-8-15(9-17(12)27(24,25)21(4)5)19-18(23)11-22(6)10-16-13(2)20-26-14(16)3/h7-9H,10-11H2,1-6H3,(H,19,23). The molecule has 1 amide bonds. The number of benzene rings is 1. The van der Waals surface area contributed by atoms with Crippen molar-refractivity contribution in [1.82, 2.24) is 14.4 Å². The minimum atomic E-state index is -3.58. The van der Waals surface area contributed by atoms with Gasteiger partial charge in [-0.15, -0.1) is 0 Å². The molecule has 8 nitrogen and oxygen atoms in total. The quantitative estimate of drug-likeness (QED) is 0.771. The molecular weight excluding hydrogens is 368 g/mol. The van der Waals surface area contributed by atoms with Crippen LogP contribution in [-0.4, -0.2) is 56.4 Å². The normalized spacial score (nSPS) is 12.0. The van der Waals surface area contributed by atoms with Crippen molar-refractivity contribution in [2.75, 3.05) is 33.0 Å². The maximum atomic E-state index is 12.4. The molecule has 1 heterocycles. The van der Waals surface area contributed by atoms with Gasteiger partial charge in [0.15, 0.2) is 0 Å². The Bertz CT molecular complexity index is 915. The molecule has 1 aromatic heterocycles. The number of aromatic nitrogens is 1. The van der Waals surface area contributed by atoms with Crippen LogP contribution in [0.15, 0.2) is 27.6 Å². The number of hydrogen-bond donors (Lipinski definition) is 1. The van der Waals surface area contributed by atoms with Gasteiger partial charge in [-0.2, -0.15) is 0 Å². The van der Waals surface area contributed by atoms with E-state index < -0.39 is 10.0 Å². The summed E-state index contributed by atoms with van der Waals surface area (Å²) in [5.41, 5.74) is 2.82. The smallest absolute Gasteiger partial charge is 0.242 e. The molecule has 1 aromatic carbocycles. The Balaban J connectivity index is 2.08. The molecule has 0 saturated heterocycles. The Hall–Kier alpha value is -2.23. The van der Waals surface area contributed by atoms with Crippen molar-refractivity contribution in [3.8, 4) is 0 Å². The molecule has 1 N–H and O–H groups in total. The molecule has 0 aliphatic heterocycles. The highest BCUT2D eigenvalue weighted by Crippen LogP contribution is 2.22. The van der Waals surface area contributed by atoms with Gasteiger partial charge in [0, 0.05) is 31.9 Å². The number of likely N-dealkylation sites (N-methyl/N-ethyl adjacent to an activating group) is 1. The Morgan fingerprint density at radius 2 is 1.85 bits per heavy atom. The van der Waals surface area contributed by atoms with Crippen molar-refractivity contribution in [2.45, 2.75) is 32.2 Å². The van der Waals surface area contributed by atoms with E-state index in [0.29, 0.717) is 17.8 Å². The molecule has 148 valence electrons. The van der Waals surface area contributed by atoms with E-state index in [4.69, 9.17) is 4.52 Å². The zero-order valence-electron chi connectivity index (χ0n) is 16.5. The highest BCUT2D eigenvalue weighted by atomic mass is 32.2. The van der Waals surface area contributed by atoms with Crippen molar-refractivity contribution < 1.29 is 17.7 Å². The van der Waals surface area contributed by atoms with Gasteiger partial charge in [0.05, 0.1) is 17.1 Å². The summed E-state index contributed by atoms with van der Waals surface area (Å²) in [4.78, 5) is 14.4. The molecule has 9 heteroatoms. The zero-order valence-corrected chi connectivity index (χ0v) is 17.3. The van der Waals surface area contributed by atoms with E-state index in [0.717, 1.165) is 21.3 Å². The Labute approximate surface area is 160 Å². The van der Waals surface area contributed by atoms with E-state index in [1.165, 1.54) is 20.2 Å². The number of carbonyl (C=O) groups is 1. The van der Waals surface area contributed by atoms with Gasteiger partial charge in [-0.1, -0.05) is 11.2 Å². The van der Waals surface area contributed by atoms with Crippen LogP contribution in [0.3, 0.4) is 0 Å². The van der Waals surface area contributed by atoms with Crippen molar-refractivity contribution in [3.05, 3.63) is 40.8 Å². The van der Waals surface area contributed by atoms with Crippen LogP contribution in [0.5, 0.6) is 0 Å². The van der Waals surface area contributed by atoms with E-state index in [9.17, 15) is 13.2 Å². The fraction of sp³-hybridized carbons (Fsp3) is 0.444. The molecule has 0 spiro atoms. The minimum absolute atomic E-state index is 0.147. The number of amides is 1. The van der Waals surface area contributed by atoms with E-state index in [-0.39, 0.29) is 17.3 Å². The molecule has 0 aliphatic rings. The number of aryl methyl sites for hydroxylation is 3. The molecular formula is C18H26N4O4S. The summed E-state index contributed by atoms with van der Waals surface area (Å²) in [6.45, 7) is 6.09. The molecule has 2 aromatic rings. The van der Waals surface area contributed by atoms with E-state index in [1.807, 2.05) is 25.8 Å². The largest absolute Gasteiger partial charge is 0.361 e.